The van der Waals surface area contributed by atoms with E-state index in [2.05, 4.69) is 9.88 Å². The minimum absolute atomic E-state index is 0.244. The van der Waals surface area contributed by atoms with Gasteiger partial charge in [-0.15, -0.1) is 0 Å². The molecule has 0 atom stereocenters. The Morgan fingerprint density at radius 2 is 1.96 bits per heavy atom. The van der Waals surface area contributed by atoms with Crippen LogP contribution in [-0.4, -0.2) is 36.3 Å². The van der Waals surface area contributed by atoms with Crippen molar-refractivity contribution in [3.05, 3.63) is 53.8 Å². The highest BCUT2D eigenvalue weighted by atomic mass is 32.1. The molecule has 0 aliphatic rings. The molecule has 0 saturated heterocycles. The molecule has 0 spiro atoms. The van der Waals surface area contributed by atoms with Gasteiger partial charge in [0.25, 0.3) is 5.19 Å². The lowest BCUT2D eigenvalue weighted by Crippen LogP contribution is -2.14. The minimum atomic E-state index is -0.285. The summed E-state index contributed by atoms with van der Waals surface area (Å²) in [5.41, 5.74) is 1.69. The third-order valence-corrected chi connectivity index (χ3v) is 4.82. The van der Waals surface area contributed by atoms with Crippen LogP contribution >= 0.6 is 11.3 Å². The van der Waals surface area contributed by atoms with E-state index in [-0.39, 0.29) is 11.6 Å². The van der Waals surface area contributed by atoms with Crippen molar-refractivity contribution in [2.75, 3.05) is 20.6 Å². The third-order valence-electron chi connectivity index (χ3n) is 3.92. The van der Waals surface area contributed by atoms with Crippen LogP contribution in [0.3, 0.4) is 0 Å². The zero-order valence-corrected chi connectivity index (χ0v) is 15.7. The first kappa shape index (κ1) is 18.5. The molecule has 1 aromatic heterocycles. The highest BCUT2D eigenvalue weighted by molar-refractivity contribution is 7.20. The first-order valence-electron chi connectivity index (χ1n) is 8.49. The highest BCUT2D eigenvalue weighted by Gasteiger charge is 2.08. The number of ether oxygens (including phenoxy) is 1. The van der Waals surface area contributed by atoms with Crippen molar-refractivity contribution in [3.63, 3.8) is 0 Å². The van der Waals surface area contributed by atoms with Gasteiger partial charge in [0.2, 0.25) is 0 Å². The largest absolute Gasteiger partial charge is 0.431 e. The van der Waals surface area contributed by atoms with Gasteiger partial charge in [-0.25, -0.2) is 9.37 Å². The number of thiazole rings is 1. The predicted molar refractivity (Wildman–Crippen MR) is 103 cm³/mol. The van der Waals surface area contributed by atoms with Crippen molar-refractivity contribution in [2.24, 2.45) is 0 Å². The van der Waals surface area contributed by atoms with E-state index in [1.807, 2.05) is 38.4 Å². The van der Waals surface area contributed by atoms with Crippen LogP contribution in [-0.2, 0) is 11.2 Å². The number of hydrogen-bond acceptors (Lipinski definition) is 5. The lowest BCUT2D eigenvalue weighted by molar-refractivity contribution is -0.118. The number of halogens is 1. The monoisotopic (exact) mass is 372 g/mol. The van der Waals surface area contributed by atoms with Crippen LogP contribution in [0.4, 0.5) is 4.39 Å². The highest BCUT2D eigenvalue weighted by Crippen LogP contribution is 2.31. The van der Waals surface area contributed by atoms with E-state index in [1.54, 1.807) is 6.07 Å². The van der Waals surface area contributed by atoms with Crippen LogP contribution in [0, 0.1) is 5.82 Å². The molecule has 6 heteroatoms. The van der Waals surface area contributed by atoms with Crippen LogP contribution in [0.5, 0.6) is 10.9 Å². The molecular formula is C20H21FN2O2S. The summed E-state index contributed by atoms with van der Waals surface area (Å²) in [6.07, 6.45) is 1.91. The summed E-state index contributed by atoms with van der Waals surface area (Å²) < 4.78 is 19.7. The quantitative estimate of drug-likeness (QED) is 0.576. The first-order chi connectivity index (χ1) is 12.5. The normalized spacial score (nSPS) is 11.2. The average Bonchev–Trinajstić information content (AvgIpc) is 2.97. The first-order valence-corrected chi connectivity index (χ1v) is 9.30. The molecule has 3 aromatic rings. The Morgan fingerprint density at radius 1 is 1.19 bits per heavy atom. The summed E-state index contributed by atoms with van der Waals surface area (Å²) in [7, 11) is 4.01. The molecule has 1 heterocycles. The van der Waals surface area contributed by atoms with Gasteiger partial charge >= 0.3 is 0 Å². The Hall–Kier alpha value is -2.31. The molecule has 136 valence electrons. The number of carbonyl (C=O) groups is 1. The second-order valence-electron chi connectivity index (χ2n) is 6.46. The van der Waals surface area contributed by atoms with Crippen LogP contribution < -0.4 is 4.74 Å². The maximum Gasteiger partial charge on any atom is 0.279 e. The lowest BCUT2D eigenvalue weighted by Gasteiger charge is -2.08. The molecule has 26 heavy (non-hydrogen) atoms. The maximum atomic E-state index is 13.2. The molecule has 0 amide bonds. The van der Waals surface area contributed by atoms with Crippen molar-refractivity contribution in [2.45, 2.75) is 19.3 Å². The van der Waals surface area contributed by atoms with E-state index >= 15 is 0 Å². The molecular weight excluding hydrogens is 351 g/mol. The topological polar surface area (TPSA) is 42.4 Å². The maximum absolute atomic E-state index is 13.2. The molecule has 2 aromatic carbocycles. The number of ketones is 1. The molecule has 0 aliphatic heterocycles. The minimum Gasteiger partial charge on any atom is -0.431 e. The summed E-state index contributed by atoms with van der Waals surface area (Å²) in [4.78, 5) is 18.4. The Bertz CT molecular complexity index is 890. The van der Waals surface area contributed by atoms with Crippen molar-refractivity contribution < 1.29 is 13.9 Å². The fourth-order valence-corrected chi connectivity index (χ4v) is 3.47. The zero-order chi connectivity index (χ0) is 18.5. The van der Waals surface area contributed by atoms with Crippen molar-refractivity contribution in [3.8, 4) is 10.9 Å². The van der Waals surface area contributed by atoms with Crippen LogP contribution in [0.2, 0.25) is 0 Å². The molecule has 4 nitrogen and oxygen atoms in total. The number of rotatable bonds is 8. The van der Waals surface area contributed by atoms with Gasteiger partial charge in [0.15, 0.2) is 0 Å². The van der Waals surface area contributed by atoms with Gasteiger partial charge in [0.1, 0.15) is 17.3 Å². The Morgan fingerprint density at radius 3 is 2.69 bits per heavy atom. The molecule has 0 radical (unpaired) electrons. The number of hydrogen-bond donors (Lipinski definition) is 0. The lowest BCUT2D eigenvalue weighted by atomic mass is 10.1. The van der Waals surface area contributed by atoms with Crippen LogP contribution in [0.15, 0.2) is 42.5 Å². The summed E-state index contributed by atoms with van der Waals surface area (Å²) in [6.45, 7) is 0.921. The number of carbonyl (C=O) groups excluding carboxylic acids is 1. The molecule has 0 N–H and O–H groups in total. The van der Waals surface area contributed by atoms with Crippen LogP contribution in [0.25, 0.3) is 10.2 Å². The average molecular weight is 372 g/mol. The Balaban J connectivity index is 1.57. The Kier molecular flexibility index (Phi) is 5.96. The molecule has 0 bridgehead atoms. The molecule has 0 saturated carbocycles. The fourth-order valence-electron chi connectivity index (χ4n) is 2.61. The summed E-state index contributed by atoms with van der Waals surface area (Å²) in [5.74, 6) is 0.606. The van der Waals surface area contributed by atoms with Crippen molar-refractivity contribution >= 4 is 27.3 Å². The summed E-state index contributed by atoms with van der Waals surface area (Å²) in [5, 5.41) is 0.470. The van der Waals surface area contributed by atoms with Crippen molar-refractivity contribution in [1.82, 2.24) is 9.88 Å². The van der Waals surface area contributed by atoms with Gasteiger partial charge in [-0.2, -0.15) is 0 Å². The third kappa shape index (κ3) is 5.09. The molecule has 0 unspecified atom stereocenters. The van der Waals surface area contributed by atoms with Gasteiger partial charge < -0.3 is 9.64 Å². The number of benzene rings is 2. The number of fused-ring (bicyclic) bond motifs is 1. The smallest absolute Gasteiger partial charge is 0.279 e. The SMILES string of the molecule is CN(C)CCCC(=O)Cc1ccc(Oc2nc3ccc(F)cc3s2)cc1. The summed E-state index contributed by atoms with van der Waals surface area (Å²) >= 11 is 1.30. The van der Waals surface area contributed by atoms with E-state index in [4.69, 9.17) is 4.74 Å². The van der Waals surface area contributed by atoms with E-state index in [0.29, 0.717) is 29.3 Å². The zero-order valence-electron chi connectivity index (χ0n) is 14.9. The number of Topliss-reactive ketones (excluding diaryl/α,β-unsaturated/α-hetero) is 1. The predicted octanol–water partition coefficient (Wildman–Crippen LogP) is 4.68. The summed E-state index contributed by atoms with van der Waals surface area (Å²) in [6, 6.07) is 11.9. The molecule has 3 rings (SSSR count). The second kappa shape index (κ2) is 8.38. The second-order valence-corrected chi connectivity index (χ2v) is 7.45. The van der Waals surface area contributed by atoms with Gasteiger partial charge in [-0.1, -0.05) is 23.5 Å². The van der Waals surface area contributed by atoms with Gasteiger partial charge in [-0.05, 0) is 63.0 Å². The van der Waals surface area contributed by atoms with Crippen LogP contribution in [0.1, 0.15) is 18.4 Å². The van der Waals surface area contributed by atoms with E-state index in [0.717, 1.165) is 23.2 Å². The van der Waals surface area contributed by atoms with E-state index in [1.165, 1.54) is 23.5 Å². The van der Waals surface area contributed by atoms with E-state index < -0.39 is 0 Å². The van der Waals surface area contributed by atoms with Crippen molar-refractivity contribution in [1.29, 1.82) is 0 Å². The van der Waals surface area contributed by atoms with Gasteiger partial charge in [-0.3, -0.25) is 4.79 Å². The van der Waals surface area contributed by atoms with Gasteiger partial charge in [0, 0.05) is 12.8 Å². The van der Waals surface area contributed by atoms with E-state index in [9.17, 15) is 9.18 Å². The Labute approximate surface area is 156 Å². The van der Waals surface area contributed by atoms with Gasteiger partial charge in [0.05, 0.1) is 10.2 Å². The molecule has 0 fully saturated rings. The number of nitrogens with zero attached hydrogens (tertiary/aromatic N) is 2. The number of aromatic nitrogens is 1. The molecule has 0 aliphatic carbocycles. The fraction of sp³-hybridized carbons (Fsp3) is 0.300. The standard InChI is InChI=1S/C20H21FN2O2S/c1-23(2)11-3-4-16(24)12-14-5-8-17(9-6-14)25-20-22-18-10-7-15(21)13-19(18)26-20/h5-10,13H,3-4,11-12H2,1-2H3.